The molecule has 5 nitrogen and oxygen atoms in total. The van der Waals surface area contributed by atoms with E-state index < -0.39 is 6.04 Å². The minimum atomic E-state index is -0.607. The third-order valence-corrected chi connectivity index (χ3v) is 5.06. The number of esters is 1. The smallest absolute Gasteiger partial charge is 0.327 e. The van der Waals surface area contributed by atoms with E-state index in [1.54, 1.807) is 12.1 Å². The standard InChI is InChI=1S/C19H25FN2O3/c1-25-19(24)17(14-6-8-16(20)9-7-14)22-10-2-3-15(12-22)18(23)21-11-13-4-5-13/h6-9,13,15,17H,2-5,10-12H2,1H3,(H,21,23)/t15-,17+/m0/s1. The van der Waals surface area contributed by atoms with Crippen LogP contribution < -0.4 is 5.32 Å². The quantitative estimate of drug-likeness (QED) is 0.802. The van der Waals surface area contributed by atoms with Crippen molar-refractivity contribution in [2.45, 2.75) is 31.7 Å². The van der Waals surface area contributed by atoms with Crippen molar-refractivity contribution in [2.75, 3.05) is 26.7 Å². The fraction of sp³-hybridized carbons (Fsp3) is 0.579. The van der Waals surface area contributed by atoms with Crippen LogP contribution in [0.1, 0.15) is 37.3 Å². The highest BCUT2D eigenvalue weighted by atomic mass is 19.1. The van der Waals surface area contributed by atoms with E-state index in [0.717, 1.165) is 19.4 Å². The van der Waals surface area contributed by atoms with E-state index in [4.69, 9.17) is 4.74 Å². The molecule has 1 aromatic rings. The fourth-order valence-electron chi connectivity index (χ4n) is 3.42. The van der Waals surface area contributed by atoms with Crippen molar-refractivity contribution < 1.29 is 18.7 Å². The number of likely N-dealkylation sites (tertiary alicyclic amines) is 1. The summed E-state index contributed by atoms with van der Waals surface area (Å²) in [6, 6.07) is 5.29. The predicted octanol–water partition coefficient (Wildman–Crippen LogP) is 2.28. The van der Waals surface area contributed by atoms with Gasteiger partial charge in [-0.05, 0) is 55.8 Å². The van der Waals surface area contributed by atoms with Crippen LogP contribution in [0.5, 0.6) is 0 Å². The number of ether oxygens (including phenoxy) is 1. The Labute approximate surface area is 147 Å². The summed E-state index contributed by atoms with van der Waals surface area (Å²) in [4.78, 5) is 26.7. The van der Waals surface area contributed by atoms with E-state index >= 15 is 0 Å². The van der Waals surface area contributed by atoms with Crippen LogP contribution in [0.3, 0.4) is 0 Å². The van der Waals surface area contributed by atoms with Gasteiger partial charge in [-0.15, -0.1) is 0 Å². The van der Waals surface area contributed by atoms with E-state index in [2.05, 4.69) is 5.32 Å². The Balaban J connectivity index is 1.69. The molecular formula is C19H25FN2O3. The molecule has 1 saturated heterocycles. The molecule has 1 aliphatic heterocycles. The van der Waals surface area contributed by atoms with E-state index in [1.165, 1.54) is 32.1 Å². The van der Waals surface area contributed by atoms with Gasteiger partial charge in [-0.2, -0.15) is 0 Å². The van der Waals surface area contributed by atoms with Crippen molar-refractivity contribution >= 4 is 11.9 Å². The molecule has 2 atom stereocenters. The van der Waals surface area contributed by atoms with Gasteiger partial charge in [0.2, 0.25) is 5.91 Å². The van der Waals surface area contributed by atoms with Gasteiger partial charge >= 0.3 is 5.97 Å². The maximum atomic E-state index is 13.2. The van der Waals surface area contributed by atoms with Crippen LogP contribution in [0, 0.1) is 17.7 Å². The Morgan fingerprint density at radius 2 is 2.00 bits per heavy atom. The zero-order valence-corrected chi connectivity index (χ0v) is 14.5. The maximum absolute atomic E-state index is 13.2. The number of piperidine rings is 1. The highest BCUT2D eigenvalue weighted by Gasteiger charge is 2.35. The molecule has 0 spiro atoms. The molecule has 1 heterocycles. The summed E-state index contributed by atoms with van der Waals surface area (Å²) in [5, 5.41) is 3.03. The lowest BCUT2D eigenvalue weighted by atomic mass is 9.94. The van der Waals surface area contributed by atoms with Crippen LogP contribution >= 0.6 is 0 Å². The largest absolute Gasteiger partial charge is 0.468 e. The van der Waals surface area contributed by atoms with Crippen LogP contribution in [-0.2, 0) is 14.3 Å². The summed E-state index contributed by atoms with van der Waals surface area (Å²) in [6.07, 6.45) is 4.07. The van der Waals surface area contributed by atoms with Gasteiger partial charge in [0.1, 0.15) is 11.9 Å². The molecule has 1 aliphatic carbocycles. The maximum Gasteiger partial charge on any atom is 0.327 e. The second kappa shape index (κ2) is 7.95. The molecule has 2 fully saturated rings. The molecule has 6 heteroatoms. The van der Waals surface area contributed by atoms with Crippen molar-refractivity contribution in [1.82, 2.24) is 10.2 Å². The number of hydrogen-bond donors (Lipinski definition) is 1. The molecule has 0 bridgehead atoms. The van der Waals surface area contributed by atoms with Crippen molar-refractivity contribution in [3.8, 4) is 0 Å². The van der Waals surface area contributed by atoms with Crippen molar-refractivity contribution in [1.29, 1.82) is 0 Å². The average Bonchev–Trinajstić information content (AvgIpc) is 3.46. The summed E-state index contributed by atoms with van der Waals surface area (Å²) in [5.41, 5.74) is 0.687. The lowest BCUT2D eigenvalue weighted by molar-refractivity contribution is -0.149. The molecule has 0 radical (unpaired) electrons. The molecule has 3 rings (SSSR count). The molecule has 1 aromatic carbocycles. The SMILES string of the molecule is COC(=O)[C@@H](c1ccc(F)cc1)N1CCC[C@H](C(=O)NCC2CC2)C1. The lowest BCUT2D eigenvalue weighted by Crippen LogP contribution is -2.46. The van der Waals surface area contributed by atoms with Gasteiger partial charge in [-0.3, -0.25) is 9.69 Å². The van der Waals surface area contributed by atoms with Gasteiger partial charge in [0.25, 0.3) is 0 Å². The first kappa shape index (κ1) is 17.9. The molecule has 25 heavy (non-hydrogen) atoms. The zero-order valence-electron chi connectivity index (χ0n) is 14.5. The number of rotatable bonds is 6. The molecular weight excluding hydrogens is 323 g/mol. The van der Waals surface area contributed by atoms with E-state index in [9.17, 15) is 14.0 Å². The first-order valence-corrected chi connectivity index (χ1v) is 8.93. The first-order valence-electron chi connectivity index (χ1n) is 8.93. The highest BCUT2D eigenvalue weighted by molar-refractivity contribution is 5.80. The summed E-state index contributed by atoms with van der Waals surface area (Å²) in [6.45, 7) is 1.98. The van der Waals surface area contributed by atoms with Gasteiger partial charge in [-0.1, -0.05) is 12.1 Å². The molecule has 1 saturated carbocycles. The number of halogens is 1. The normalized spacial score (nSPS) is 22.2. The number of carbonyl (C=O) groups is 2. The van der Waals surface area contributed by atoms with Crippen LogP contribution in [0.4, 0.5) is 4.39 Å². The van der Waals surface area contributed by atoms with Crippen molar-refractivity contribution in [3.63, 3.8) is 0 Å². The summed E-state index contributed by atoms with van der Waals surface area (Å²) >= 11 is 0. The van der Waals surface area contributed by atoms with Gasteiger partial charge in [0.15, 0.2) is 0 Å². The van der Waals surface area contributed by atoms with Gasteiger partial charge in [0, 0.05) is 13.1 Å². The Morgan fingerprint density at radius 3 is 2.64 bits per heavy atom. The summed E-state index contributed by atoms with van der Waals surface area (Å²) in [7, 11) is 1.35. The summed E-state index contributed by atoms with van der Waals surface area (Å²) in [5.74, 6) is -0.140. The van der Waals surface area contributed by atoms with E-state index in [1.807, 2.05) is 4.90 Å². The third kappa shape index (κ3) is 4.57. The van der Waals surface area contributed by atoms with Crippen LogP contribution in [0.15, 0.2) is 24.3 Å². The zero-order chi connectivity index (χ0) is 17.8. The van der Waals surface area contributed by atoms with Crippen LogP contribution in [0.25, 0.3) is 0 Å². The van der Waals surface area contributed by atoms with Gasteiger partial charge < -0.3 is 10.1 Å². The fourth-order valence-corrected chi connectivity index (χ4v) is 3.42. The number of amides is 1. The highest BCUT2D eigenvalue weighted by Crippen LogP contribution is 2.30. The lowest BCUT2D eigenvalue weighted by Gasteiger charge is -2.36. The van der Waals surface area contributed by atoms with Gasteiger partial charge in [0.05, 0.1) is 13.0 Å². The third-order valence-electron chi connectivity index (χ3n) is 5.06. The number of carbonyl (C=O) groups excluding carboxylic acids is 2. The Hall–Kier alpha value is -1.95. The number of nitrogens with one attached hydrogen (secondary N) is 1. The molecule has 2 aliphatic rings. The second-order valence-corrected chi connectivity index (χ2v) is 7.00. The second-order valence-electron chi connectivity index (χ2n) is 7.00. The molecule has 0 aromatic heterocycles. The van der Waals surface area contributed by atoms with Crippen LogP contribution in [-0.4, -0.2) is 43.5 Å². The number of benzene rings is 1. The van der Waals surface area contributed by atoms with Gasteiger partial charge in [-0.25, -0.2) is 9.18 Å². The summed E-state index contributed by atoms with van der Waals surface area (Å²) < 4.78 is 18.2. The molecule has 0 unspecified atom stereocenters. The minimum Gasteiger partial charge on any atom is -0.468 e. The molecule has 1 N–H and O–H groups in total. The first-order chi connectivity index (χ1) is 12.1. The number of methoxy groups -OCH3 is 1. The Bertz CT molecular complexity index is 616. The molecule has 136 valence electrons. The van der Waals surface area contributed by atoms with Crippen molar-refractivity contribution in [3.05, 3.63) is 35.6 Å². The number of hydrogen-bond acceptors (Lipinski definition) is 4. The average molecular weight is 348 g/mol. The monoisotopic (exact) mass is 348 g/mol. The Kier molecular flexibility index (Phi) is 5.68. The predicted molar refractivity (Wildman–Crippen MR) is 91.2 cm³/mol. The number of nitrogens with zero attached hydrogens (tertiary/aromatic N) is 1. The van der Waals surface area contributed by atoms with Crippen molar-refractivity contribution in [2.24, 2.45) is 11.8 Å². The van der Waals surface area contributed by atoms with Crippen LogP contribution in [0.2, 0.25) is 0 Å². The minimum absolute atomic E-state index is 0.0688. The Morgan fingerprint density at radius 1 is 1.28 bits per heavy atom. The molecule has 1 amide bonds. The van der Waals surface area contributed by atoms with E-state index in [0.29, 0.717) is 24.6 Å². The van der Waals surface area contributed by atoms with E-state index in [-0.39, 0.29) is 23.6 Å². The topological polar surface area (TPSA) is 58.6 Å².